The van der Waals surface area contributed by atoms with Crippen LogP contribution in [0, 0.1) is 11.3 Å². The highest BCUT2D eigenvalue weighted by Crippen LogP contribution is 2.26. The Morgan fingerprint density at radius 1 is 1.50 bits per heavy atom. The van der Waals surface area contributed by atoms with Crippen molar-refractivity contribution in [1.82, 2.24) is 0 Å². The number of nitriles is 1. The summed E-state index contributed by atoms with van der Waals surface area (Å²) < 4.78 is 0. The minimum Gasteiger partial charge on any atom is -0.481 e. The number of nitrogens with zero attached hydrogens (tertiary/aromatic N) is 1. The van der Waals surface area contributed by atoms with E-state index in [0.717, 1.165) is 5.56 Å². The second-order valence-electron chi connectivity index (χ2n) is 3.38. The Morgan fingerprint density at radius 2 is 2.07 bits per heavy atom. The summed E-state index contributed by atoms with van der Waals surface area (Å²) in [6.07, 6.45) is -0.173. The molecule has 0 aliphatic rings. The highest BCUT2D eigenvalue weighted by Gasteiger charge is 2.29. The molecule has 1 aromatic rings. The van der Waals surface area contributed by atoms with Crippen LogP contribution in [-0.4, -0.2) is 11.1 Å². The maximum absolute atomic E-state index is 10.6. The van der Waals surface area contributed by atoms with Gasteiger partial charge in [0.15, 0.2) is 0 Å². The van der Waals surface area contributed by atoms with E-state index in [4.69, 9.17) is 10.4 Å². The highest BCUT2D eigenvalue weighted by atomic mass is 16.4. The summed E-state index contributed by atoms with van der Waals surface area (Å²) in [6, 6.07) is 11.0. The Hall–Kier alpha value is -1.82. The van der Waals surface area contributed by atoms with Gasteiger partial charge in [0.25, 0.3) is 0 Å². The van der Waals surface area contributed by atoms with Gasteiger partial charge in [0.05, 0.1) is 17.9 Å². The molecule has 3 nitrogen and oxygen atoms in total. The molecule has 3 heteroatoms. The third-order valence-corrected chi connectivity index (χ3v) is 2.16. The summed E-state index contributed by atoms with van der Waals surface area (Å²) in [5.41, 5.74) is -0.197. The van der Waals surface area contributed by atoms with Gasteiger partial charge in [0, 0.05) is 0 Å². The van der Waals surface area contributed by atoms with Crippen LogP contribution in [0.4, 0.5) is 0 Å². The number of rotatable bonds is 3. The SMILES string of the molecule is C[C@@](C#N)(CC(=O)O)c1ccccc1. The maximum atomic E-state index is 10.6. The van der Waals surface area contributed by atoms with Gasteiger partial charge in [-0.05, 0) is 12.5 Å². The van der Waals surface area contributed by atoms with Crippen LogP contribution in [-0.2, 0) is 10.2 Å². The molecule has 1 N–H and O–H groups in total. The maximum Gasteiger partial charge on any atom is 0.305 e. The minimum absolute atomic E-state index is 0.173. The standard InChI is InChI=1S/C11H11NO2/c1-11(8-12,7-10(13)14)9-5-3-2-4-6-9/h2-6H,7H2,1H3,(H,13,14)/t11-/m0/s1. The van der Waals surface area contributed by atoms with Crippen LogP contribution >= 0.6 is 0 Å². The molecule has 1 rings (SSSR count). The summed E-state index contributed by atoms with van der Waals surface area (Å²) >= 11 is 0. The third-order valence-electron chi connectivity index (χ3n) is 2.16. The number of aliphatic carboxylic acids is 1. The fourth-order valence-corrected chi connectivity index (χ4v) is 1.31. The number of hydrogen-bond acceptors (Lipinski definition) is 2. The van der Waals surface area contributed by atoms with Crippen LogP contribution in [0.5, 0.6) is 0 Å². The van der Waals surface area contributed by atoms with E-state index in [-0.39, 0.29) is 6.42 Å². The Labute approximate surface area is 82.6 Å². The van der Waals surface area contributed by atoms with Crippen LogP contribution < -0.4 is 0 Å². The monoisotopic (exact) mass is 189 g/mol. The number of carboxylic acid groups (broad SMARTS) is 1. The quantitative estimate of drug-likeness (QED) is 0.790. The second kappa shape index (κ2) is 3.93. The lowest BCUT2D eigenvalue weighted by Gasteiger charge is -2.19. The number of carbonyl (C=O) groups is 1. The smallest absolute Gasteiger partial charge is 0.305 e. The average molecular weight is 189 g/mol. The fourth-order valence-electron chi connectivity index (χ4n) is 1.31. The molecule has 0 radical (unpaired) electrons. The summed E-state index contributed by atoms with van der Waals surface area (Å²) in [7, 11) is 0. The highest BCUT2D eigenvalue weighted by molar-refractivity contribution is 5.70. The van der Waals surface area contributed by atoms with Crippen molar-refractivity contribution in [2.75, 3.05) is 0 Å². The zero-order valence-corrected chi connectivity index (χ0v) is 7.90. The molecule has 14 heavy (non-hydrogen) atoms. The second-order valence-corrected chi connectivity index (χ2v) is 3.38. The van der Waals surface area contributed by atoms with Crippen LogP contribution in [0.1, 0.15) is 18.9 Å². The first-order chi connectivity index (χ1) is 6.58. The number of benzene rings is 1. The predicted octanol–water partition coefficient (Wildman–Crippen LogP) is 1.94. The first kappa shape index (κ1) is 10.3. The molecule has 0 heterocycles. The van der Waals surface area contributed by atoms with Crippen molar-refractivity contribution in [2.45, 2.75) is 18.8 Å². The molecule has 0 aliphatic heterocycles. The van der Waals surface area contributed by atoms with E-state index in [0.29, 0.717) is 0 Å². The van der Waals surface area contributed by atoms with Crippen molar-refractivity contribution in [2.24, 2.45) is 0 Å². The fraction of sp³-hybridized carbons (Fsp3) is 0.273. The Morgan fingerprint density at radius 3 is 2.50 bits per heavy atom. The molecule has 0 saturated heterocycles. The Bertz CT molecular complexity index is 367. The summed E-state index contributed by atoms with van der Waals surface area (Å²) in [5, 5.41) is 17.7. The lowest BCUT2D eigenvalue weighted by atomic mass is 9.81. The zero-order valence-electron chi connectivity index (χ0n) is 7.90. The van der Waals surface area contributed by atoms with Gasteiger partial charge >= 0.3 is 5.97 Å². The van der Waals surface area contributed by atoms with Crippen molar-refractivity contribution in [3.8, 4) is 6.07 Å². The Kier molecular flexibility index (Phi) is 2.88. The molecule has 0 amide bonds. The molecule has 0 fully saturated rings. The van der Waals surface area contributed by atoms with Gasteiger partial charge in [0.1, 0.15) is 0 Å². The van der Waals surface area contributed by atoms with Crippen molar-refractivity contribution in [1.29, 1.82) is 5.26 Å². The first-order valence-corrected chi connectivity index (χ1v) is 4.27. The molecule has 0 aliphatic carbocycles. The van der Waals surface area contributed by atoms with Gasteiger partial charge in [-0.25, -0.2) is 0 Å². The van der Waals surface area contributed by atoms with E-state index < -0.39 is 11.4 Å². The normalized spacial score (nSPS) is 14.0. The van der Waals surface area contributed by atoms with Crippen molar-refractivity contribution in [3.05, 3.63) is 35.9 Å². The van der Waals surface area contributed by atoms with Gasteiger partial charge in [-0.1, -0.05) is 30.3 Å². The van der Waals surface area contributed by atoms with E-state index in [1.807, 2.05) is 12.1 Å². The van der Waals surface area contributed by atoms with Crippen LogP contribution in [0.3, 0.4) is 0 Å². The van der Waals surface area contributed by atoms with Gasteiger partial charge in [-0.2, -0.15) is 5.26 Å². The van der Waals surface area contributed by atoms with Crippen LogP contribution in [0.2, 0.25) is 0 Å². The molecule has 0 unspecified atom stereocenters. The van der Waals surface area contributed by atoms with Crippen LogP contribution in [0.15, 0.2) is 30.3 Å². The molecule has 0 bridgehead atoms. The van der Waals surface area contributed by atoms with E-state index in [1.54, 1.807) is 31.2 Å². The topological polar surface area (TPSA) is 61.1 Å². The number of hydrogen-bond donors (Lipinski definition) is 1. The van der Waals surface area contributed by atoms with Gasteiger partial charge in [-0.3, -0.25) is 4.79 Å². The van der Waals surface area contributed by atoms with Gasteiger partial charge < -0.3 is 5.11 Å². The summed E-state index contributed by atoms with van der Waals surface area (Å²) in [4.78, 5) is 10.6. The van der Waals surface area contributed by atoms with Gasteiger partial charge in [0.2, 0.25) is 0 Å². The van der Waals surface area contributed by atoms with E-state index in [9.17, 15) is 4.79 Å². The molecule has 1 atom stereocenters. The largest absolute Gasteiger partial charge is 0.481 e. The first-order valence-electron chi connectivity index (χ1n) is 4.27. The van der Waals surface area contributed by atoms with E-state index >= 15 is 0 Å². The van der Waals surface area contributed by atoms with Crippen molar-refractivity contribution >= 4 is 5.97 Å². The molecular weight excluding hydrogens is 178 g/mol. The predicted molar refractivity (Wildman–Crippen MR) is 51.7 cm³/mol. The minimum atomic E-state index is -0.960. The zero-order chi connectivity index (χ0) is 10.6. The molecule has 1 aromatic carbocycles. The molecular formula is C11H11NO2. The van der Waals surface area contributed by atoms with Gasteiger partial charge in [-0.15, -0.1) is 0 Å². The van der Waals surface area contributed by atoms with E-state index in [2.05, 4.69) is 0 Å². The van der Waals surface area contributed by atoms with Crippen molar-refractivity contribution < 1.29 is 9.90 Å². The molecule has 72 valence electrons. The average Bonchev–Trinajstić information content (AvgIpc) is 2.18. The third kappa shape index (κ3) is 2.11. The van der Waals surface area contributed by atoms with Crippen molar-refractivity contribution in [3.63, 3.8) is 0 Å². The summed E-state index contributed by atoms with van der Waals surface area (Å²) in [6.45, 7) is 1.64. The lowest BCUT2D eigenvalue weighted by molar-refractivity contribution is -0.137. The number of carboxylic acids is 1. The molecule has 0 saturated carbocycles. The lowest BCUT2D eigenvalue weighted by Crippen LogP contribution is -2.23. The van der Waals surface area contributed by atoms with E-state index in [1.165, 1.54) is 0 Å². The Balaban J connectivity index is 3.03. The van der Waals surface area contributed by atoms with Crippen LogP contribution in [0.25, 0.3) is 0 Å². The molecule has 0 aromatic heterocycles. The summed E-state index contributed by atoms with van der Waals surface area (Å²) in [5.74, 6) is -0.960. The molecule has 0 spiro atoms.